The average molecular weight is 204 g/mol. The van der Waals surface area contributed by atoms with Gasteiger partial charge in [-0.15, -0.1) is 11.8 Å². The van der Waals surface area contributed by atoms with Gasteiger partial charge in [-0.25, -0.2) is 0 Å². The van der Waals surface area contributed by atoms with Crippen LogP contribution in [0.5, 0.6) is 0 Å². The number of hydrogen-bond donors (Lipinski definition) is 0. The molecule has 0 radical (unpaired) electrons. The Morgan fingerprint density at radius 3 is 3.00 bits per heavy atom. The van der Waals surface area contributed by atoms with Crippen LogP contribution in [0, 0.1) is 0 Å². The number of hydrogen-bond acceptors (Lipinski definition) is 4. The smallest absolute Gasteiger partial charge is 0.305 e. The summed E-state index contributed by atoms with van der Waals surface area (Å²) in [5.74, 6) is 0.877. The third kappa shape index (κ3) is 4.00. The molecule has 0 aromatic rings. The fourth-order valence-corrected chi connectivity index (χ4v) is 2.10. The lowest BCUT2D eigenvalue weighted by Crippen LogP contribution is -2.17. The maximum atomic E-state index is 11.0. The number of rotatable bonds is 4. The standard InChI is InChI=1S/C9H16O3S/c1-3-4-8(10)11-5-9-12-7(2)6-13-9/h7,9H,3-6H2,1-2H3/t7?,9-/m1/s1. The minimum absolute atomic E-state index is 0.0517. The van der Waals surface area contributed by atoms with Crippen LogP contribution in [0.25, 0.3) is 0 Å². The monoisotopic (exact) mass is 204 g/mol. The van der Waals surface area contributed by atoms with E-state index >= 15 is 0 Å². The number of carbonyl (C=O) groups is 1. The summed E-state index contributed by atoms with van der Waals surface area (Å²) >= 11 is 1.71. The van der Waals surface area contributed by atoms with Crippen molar-refractivity contribution >= 4 is 17.7 Å². The van der Waals surface area contributed by atoms with Gasteiger partial charge in [0.1, 0.15) is 12.0 Å². The minimum atomic E-state index is -0.119. The lowest BCUT2D eigenvalue weighted by Gasteiger charge is -2.10. The quantitative estimate of drug-likeness (QED) is 0.654. The van der Waals surface area contributed by atoms with Crippen LogP contribution < -0.4 is 0 Å². The van der Waals surface area contributed by atoms with Crippen LogP contribution in [-0.2, 0) is 14.3 Å². The van der Waals surface area contributed by atoms with Crippen molar-refractivity contribution < 1.29 is 14.3 Å². The molecule has 1 fully saturated rings. The van der Waals surface area contributed by atoms with Gasteiger partial charge >= 0.3 is 5.97 Å². The van der Waals surface area contributed by atoms with E-state index in [1.807, 2.05) is 13.8 Å². The highest BCUT2D eigenvalue weighted by atomic mass is 32.2. The molecule has 0 N–H and O–H groups in total. The highest BCUT2D eigenvalue weighted by molar-refractivity contribution is 8.00. The van der Waals surface area contributed by atoms with E-state index in [2.05, 4.69) is 0 Å². The van der Waals surface area contributed by atoms with Crippen LogP contribution in [0.1, 0.15) is 26.7 Å². The van der Waals surface area contributed by atoms with E-state index in [-0.39, 0.29) is 11.4 Å². The molecular weight excluding hydrogens is 188 g/mol. The van der Waals surface area contributed by atoms with Crippen molar-refractivity contribution in [3.63, 3.8) is 0 Å². The molecule has 0 aromatic heterocycles. The molecule has 2 atom stereocenters. The molecule has 0 aromatic carbocycles. The molecule has 1 unspecified atom stereocenters. The Morgan fingerprint density at radius 1 is 1.69 bits per heavy atom. The van der Waals surface area contributed by atoms with Crippen molar-refractivity contribution in [2.45, 2.75) is 38.2 Å². The average Bonchev–Trinajstić information content (AvgIpc) is 2.49. The van der Waals surface area contributed by atoms with Gasteiger partial charge in [0.2, 0.25) is 0 Å². The first-order chi connectivity index (χ1) is 6.22. The van der Waals surface area contributed by atoms with Gasteiger partial charge in [-0.3, -0.25) is 4.79 Å². The van der Waals surface area contributed by atoms with Gasteiger partial charge in [-0.05, 0) is 13.3 Å². The van der Waals surface area contributed by atoms with E-state index in [0.717, 1.165) is 12.2 Å². The highest BCUT2D eigenvalue weighted by Crippen LogP contribution is 2.24. The van der Waals surface area contributed by atoms with E-state index in [9.17, 15) is 4.79 Å². The van der Waals surface area contributed by atoms with Gasteiger partial charge in [0.15, 0.2) is 0 Å². The SMILES string of the molecule is CCCC(=O)OC[C@@H]1OC(C)CS1. The van der Waals surface area contributed by atoms with Gasteiger partial charge in [-0.2, -0.15) is 0 Å². The van der Waals surface area contributed by atoms with Crippen molar-refractivity contribution in [1.29, 1.82) is 0 Å². The van der Waals surface area contributed by atoms with Crippen LogP contribution in [-0.4, -0.2) is 29.9 Å². The Balaban J connectivity index is 2.09. The molecular formula is C9H16O3S. The van der Waals surface area contributed by atoms with E-state index in [0.29, 0.717) is 19.1 Å². The molecule has 1 aliphatic heterocycles. The summed E-state index contributed by atoms with van der Waals surface area (Å²) in [6.45, 7) is 4.39. The Labute approximate surface area is 83.2 Å². The van der Waals surface area contributed by atoms with Crippen LogP contribution in [0.4, 0.5) is 0 Å². The normalized spacial score (nSPS) is 27.5. The lowest BCUT2D eigenvalue weighted by molar-refractivity contribution is -0.146. The summed E-state index contributed by atoms with van der Waals surface area (Å²) in [7, 11) is 0. The molecule has 76 valence electrons. The Morgan fingerprint density at radius 2 is 2.46 bits per heavy atom. The predicted molar refractivity (Wildman–Crippen MR) is 52.7 cm³/mol. The maximum absolute atomic E-state index is 11.0. The first-order valence-electron chi connectivity index (χ1n) is 4.65. The number of esters is 1. The second-order valence-corrected chi connectivity index (χ2v) is 4.34. The molecule has 1 rings (SSSR count). The number of ether oxygens (including phenoxy) is 2. The van der Waals surface area contributed by atoms with E-state index in [1.165, 1.54) is 0 Å². The second-order valence-electron chi connectivity index (χ2n) is 3.14. The van der Waals surface area contributed by atoms with E-state index < -0.39 is 0 Å². The molecule has 1 heterocycles. The summed E-state index contributed by atoms with van der Waals surface area (Å²) in [6, 6.07) is 0. The molecule has 13 heavy (non-hydrogen) atoms. The molecule has 3 nitrogen and oxygen atoms in total. The Bertz CT molecular complexity index is 172. The molecule has 0 aliphatic carbocycles. The third-order valence-electron chi connectivity index (χ3n) is 1.74. The summed E-state index contributed by atoms with van der Waals surface area (Å²) in [5, 5.41) is 0. The zero-order valence-corrected chi connectivity index (χ0v) is 8.93. The highest BCUT2D eigenvalue weighted by Gasteiger charge is 2.23. The minimum Gasteiger partial charge on any atom is -0.462 e. The third-order valence-corrected chi connectivity index (χ3v) is 3.02. The number of thioether (sulfide) groups is 1. The Kier molecular flexibility index (Phi) is 4.59. The molecule has 0 saturated carbocycles. The van der Waals surface area contributed by atoms with Crippen LogP contribution in [0.2, 0.25) is 0 Å². The predicted octanol–water partition coefficient (Wildman–Crippen LogP) is 1.81. The van der Waals surface area contributed by atoms with Crippen molar-refractivity contribution in [1.82, 2.24) is 0 Å². The molecule has 4 heteroatoms. The summed E-state index contributed by atoms with van der Waals surface area (Å²) in [6.07, 6.45) is 1.64. The second kappa shape index (κ2) is 5.50. The van der Waals surface area contributed by atoms with Gasteiger partial charge in [0.25, 0.3) is 0 Å². The van der Waals surface area contributed by atoms with Crippen molar-refractivity contribution in [3.05, 3.63) is 0 Å². The van der Waals surface area contributed by atoms with Crippen molar-refractivity contribution in [3.8, 4) is 0 Å². The summed E-state index contributed by atoms with van der Waals surface area (Å²) in [4.78, 5) is 11.0. The first kappa shape index (κ1) is 10.9. The zero-order chi connectivity index (χ0) is 9.68. The fourth-order valence-electron chi connectivity index (χ4n) is 1.11. The maximum Gasteiger partial charge on any atom is 0.305 e. The molecule has 0 amide bonds. The van der Waals surface area contributed by atoms with Crippen molar-refractivity contribution in [2.75, 3.05) is 12.4 Å². The van der Waals surface area contributed by atoms with Gasteiger partial charge in [0, 0.05) is 12.2 Å². The van der Waals surface area contributed by atoms with Crippen LogP contribution in [0.15, 0.2) is 0 Å². The van der Waals surface area contributed by atoms with E-state index in [1.54, 1.807) is 11.8 Å². The molecule has 1 saturated heterocycles. The van der Waals surface area contributed by atoms with Gasteiger partial charge < -0.3 is 9.47 Å². The largest absolute Gasteiger partial charge is 0.462 e. The lowest BCUT2D eigenvalue weighted by atomic mass is 10.3. The summed E-state index contributed by atoms with van der Waals surface area (Å²) in [5.41, 5.74) is 0.0517. The fraction of sp³-hybridized carbons (Fsp3) is 0.889. The topological polar surface area (TPSA) is 35.5 Å². The summed E-state index contributed by atoms with van der Waals surface area (Å²) < 4.78 is 10.5. The van der Waals surface area contributed by atoms with E-state index in [4.69, 9.17) is 9.47 Å². The van der Waals surface area contributed by atoms with Crippen LogP contribution in [0.3, 0.4) is 0 Å². The molecule has 0 spiro atoms. The molecule has 1 aliphatic rings. The van der Waals surface area contributed by atoms with Crippen LogP contribution >= 0.6 is 11.8 Å². The Hall–Kier alpha value is -0.220. The van der Waals surface area contributed by atoms with Gasteiger partial charge in [0.05, 0.1) is 6.10 Å². The van der Waals surface area contributed by atoms with Gasteiger partial charge in [-0.1, -0.05) is 6.92 Å². The molecule has 0 bridgehead atoms. The zero-order valence-electron chi connectivity index (χ0n) is 8.12. The van der Waals surface area contributed by atoms with Crippen molar-refractivity contribution in [2.24, 2.45) is 0 Å². The number of carbonyl (C=O) groups excluding carboxylic acids is 1. The first-order valence-corrected chi connectivity index (χ1v) is 5.70.